The fourth-order valence-corrected chi connectivity index (χ4v) is 3.47. The molecule has 1 aliphatic rings. The molecule has 0 spiro atoms. The lowest BCUT2D eigenvalue weighted by atomic mass is 10.1. The van der Waals surface area contributed by atoms with E-state index in [1.807, 2.05) is 43.3 Å². The van der Waals surface area contributed by atoms with E-state index in [1.165, 1.54) is 0 Å². The molecule has 0 aliphatic carbocycles. The lowest BCUT2D eigenvalue weighted by molar-refractivity contribution is 0.0254. The number of nitriles is 1. The van der Waals surface area contributed by atoms with Crippen molar-refractivity contribution in [1.29, 1.82) is 5.26 Å². The monoisotopic (exact) mass is 425 g/mol. The molecule has 2 aromatic carbocycles. The van der Waals surface area contributed by atoms with Gasteiger partial charge in [-0.3, -0.25) is 0 Å². The van der Waals surface area contributed by atoms with Crippen molar-refractivity contribution in [2.24, 2.45) is 0 Å². The summed E-state index contributed by atoms with van der Waals surface area (Å²) in [5.41, 5.74) is 3.04. The minimum Gasteiger partial charge on any atom is -0.489 e. The van der Waals surface area contributed by atoms with Crippen LogP contribution in [0.3, 0.4) is 0 Å². The predicted octanol–water partition coefficient (Wildman–Crippen LogP) is 5.30. The van der Waals surface area contributed by atoms with Crippen molar-refractivity contribution in [3.63, 3.8) is 0 Å². The zero-order valence-corrected chi connectivity index (χ0v) is 17.8. The summed E-state index contributed by atoms with van der Waals surface area (Å²) in [6.07, 6.45) is 3.38. The van der Waals surface area contributed by atoms with E-state index >= 15 is 0 Å². The van der Waals surface area contributed by atoms with Crippen molar-refractivity contribution < 1.29 is 9.47 Å². The summed E-state index contributed by atoms with van der Waals surface area (Å²) in [7, 11) is 0. The molecule has 0 bridgehead atoms. The first-order valence-electron chi connectivity index (χ1n) is 10.5. The molecule has 1 N–H and O–H groups in total. The highest BCUT2D eigenvalue weighted by atomic mass is 16.5. The minimum absolute atomic E-state index is 0.0645. The van der Waals surface area contributed by atoms with E-state index in [0.717, 1.165) is 29.7 Å². The summed E-state index contributed by atoms with van der Waals surface area (Å²) in [5, 5.41) is 12.9. The second-order valence-electron chi connectivity index (χ2n) is 7.57. The van der Waals surface area contributed by atoms with Gasteiger partial charge in [0.25, 0.3) is 0 Å². The Balaban J connectivity index is 1.51. The Morgan fingerprint density at radius 1 is 1.19 bits per heavy atom. The van der Waals surface area contributed by atoms with E-state index in [0.29, 0.717) is 36.2 Å². The topological polar surface area (TPSA) is 84.4 Å². The van der Waals surface area contributed by atoms with Gasteiger partial charge in [-0.05, 0) is 48.5 Å². The molecule has 160 valence electrons. The van der Waals surface area contributed by atoms with Gasteiger partial charge in [0.1, 0.15) is 23.7 Å². The van der Waals surface area contributed by atoms with Crippen molar-refractivity contribution in [2.75, 3.05) is 18.5 Å². The Bertz CT molecular complexity index is 1160. The molecule has 1 aromatic heterocycles. The number of nitrogens with zero attached hydrogens (tertiary/aromatic N) is 4. The van der Waals surface area contributed by atoms with Crippen LogP contribution in [0.5, 0.6) is 5.75 Å². The maximum Gasteiger partial charge on any atom is 0.245 e. The lowest BCUT2D eigenvalue weighted by Crippen LogP contribution is -2.26. The van der Waals surface area contributed by atoms with E-state index in [4.69, 9.17) is 16.0 Å². The Hall–Kier alpha value is -3.94. The Kier molecular flexibility index (Phi) is 6.60. The molecule has 0 radical (unpaired) electrons. The first-order valence-corrected chi connectivity index (χ1v) is 10.5. The maximum absolute atomic E-state index is 9.62. The molecule has 0 amide bonds. The number of anilines is 2. The first-order chi connectivity index (χ1) is 15.7. The predicted molar refractivity (Wildman–Crippen MR) is 121 cm³/mol. The molecule has 2 heterocycles. The molecule has 1 fully saturated rings. The van der Waals surface area contributed by atoms with E-state index < -0.39 is 0 Å². The van der Waals surface area contributed by atoms with Crippen molar-refractivity contribution >= 4 is 11.5 Å². The summed E-state index contributed by atoms with van der Waals surface area (Å²) in [6.45, 7) is 10.4. The molecular formula is C25H23N5O2. The lowest BCUT2D eigenvalue weighted by Gasteiger charge is -2.23. The fourth-order valence-electron chi connectivity index (χ4n) is 3.47. The van der Waals surface area contributed by atoms with Crippen LogP contribution in [0.4, 0.5) is 11.5 Å². The molecule has 1 saturated heterocycles. The number of rotatable bonds is 6. The highest BCUT2D eigenvalue weighted by Gasteiger charge is 2.18. The van der Waals surface area contributed by atoms with Gasteiger partial charge in [0, 0.05) is 42.8 Å². The van der Waals surface area contributed by atoms with Crippen molar-refractivity contribution in [3.8, 4) is 23.2 Å². The zero-order chi connectivity index (χ0) is 22.3. The third kappa shape index (κ3) is 5.03. The van der Waals surface area contributed by atoms with Crippen molar-refractivity contribution in [1.82, 2.24) is 9.97 Å². The SMILES string of the molecule is [C-]#[N+]C(C)c1ccc(Nc2ccnc(-c3ccc(OC4CCOCC4)c(C#N)c3)n2)cc1. The molecule has 0 saturated carbocycles. The van der Waals surface area contributed by atoms with Crippen LogP contribution in [0, 0.1) is 17.9 Å². The third-order valence-electron chi connectivity index (χ3n) is 5.33. The quantitative estimate of drug-likeness (QED) is 0.540. The van der Waals surface area contributed by atoms with Gasteiger partial charge in [0.2, 0.25) is 6.04 Å². The average Bonchev–Trinajstić information content (AvgIpc) is 2.85. The standard InChI is InChI=1S/C25H23N5O2/c1-17(27-2)18-3-6-21(7-4-18)29-24-9-12-28-25(30-24)19-5-8-23(20(15-19)16-26)32-22-10-13-31-14-11-22/h3-9,12,15,17,22H,10-11,13-14H2,1H3,(H,28,29,30). The average molecular weight is 425 g/mol. The second-order valence-corrected chi connectivity index (χ2v) is 7.57. The largest absolute Gasteiger partial charge is 0.489 e. The smallest absolute Gasteiger partial charge is 0.245 e. The number of aromatic nitrogens is 2. The van der Waals surface area contributed by atoms with Gasteiger partial charge in [0.15, 0.2) is 5.82 Å². The number of benzene rings is 2. The van der Waals surface area contributed by atoms with Gasteiger partial charge in [-0.2, -0.15) is 5.26 Å². The molecule has 7 heteroatoms. The van der Waals surface area contributed by atoms with Crippen LogP contribution in [0.25, 0.3) is 16.2 Å². The normalized spacial score (nSPS) is 14.7. The van der Waals surface area contributed by atoms with Gasteiger partial charge in [-0.25, -0.2) is 16.5 Å². The van der Waals surface area contributed by atoms with Crippen molar-refractivity contribution in [3.05, 3.63) is 77.3 Å². The summed E-state index contributed by atoms with van der Waals surface area (Å²) in [4.78, 5) is 12.5. The van der Waals surface area contributed by atoms with E-state index in [-0.39, 0.29) is 12.1 Å². The molecule has 4 rings (SSSR count). The van der Waals surface area contributed by atoms with Crippen LogP contribution >= 0.6 is 0 Å². The molecule has 1 atom stereocenters. The second kappa shape index (κ2) is 9.91. The number of nitrogens with one attached hydrogen (secondary N) is 1. The minimum atomic E-state index is -0.164. The third-order valence-corrected chi connectivity index (χ3v) is 5.33. The summed E-state index contributed by atoms with van der Waals surface area (Å²) in [5.74, 6) is 1.73. The number of ether oxygens (including phenoxy) is 2. The molecular weight excluding hydrogens is 402 g/mol. The molecule has 1 unspecified atom stereocenters. The van der Waals surface area contributed by atoms with Gasteiger partial charge < -0.3 is 19.6 Å². The van der Waals surface area contributed by atoms with Crippen LogP contribution in [-0.4, -0.2) is 29.3 Å². The van der Waals surface area contributed by atoms with E-state index in [9.17, 15) is 5.26 Å². The van der Waals surface area contributed by atoms with Crippen LogP contribution in [0.2, 0.25) is 0 Å². The Morgan fingerprint density at radius 3 is 2.69 bits per heavy atom. The number of hydrogen-bond donors (Lipinski definition) is 1. The summed E-state index contributed by atoms with van der Waals surface area (Å²) >= 11 is 0. The van der Waals surface area contributed by atoms with Gasteiger partial charge in [-0.15, -0.1) is 0 Å². The fraction of sp³-hybridized carbons (Fsp3) is 0.280. The van der Waals surface area contributed by atoms with Crippen LogP contribution in [-0.2, 0) is 4.74 Å². The summed E-state index contributed by atoms with van der Waals surface area (Å²) < 4.78 is 11.4. The maximum atomic E-state index is 9.62. The van der Waals surface area contributed by atoms with Crippen molar-refractivity contribution in [2.45, 2.75) is 31.9 Å². The first kappa shape index (κ1) is 21.3. The van der Waals surface area contributed by atoms with E-state index in [1.54, 1.807) is 18.3 Å². The van der Waals surface area contributed by atoms with E-state index in [2.05, 4.69) is 26.2 Å². The molecule has 7 nitrogen and oxygen atoms in total. The van der Waals surface area contributed by atoms with Gasteiger partial charge in [-0.1, -0.05) is 0 Å². The highest BCUT2D eigenvalue weighted by Crippen LogP contribution is 2.28. The van der Waals surface area contributed by atoms with Crippen LogP contribution in [0.1, 0.15) is 36.9 Å². The highest BCUT2D eigenvalue weighted by molar-refractivity contribution is 5.64. The van der Waals surface area contributed by atoms with Gasteiger partial charge in [0.05, 0.1) is 18.8 Å². The number of hydrogen-bond acceptors (Lipinski definition) is 6. The van der Waals surface area contributed by atoms with Crippen LogP contribution in [0.15, 0.2) is 54.7 Å². The molecule has 32 heavy (non-hydrogen) atoms. The zero-order valence-electron chi connectivity index (χ0n) is 17.8. The molecule has 1 aliphatic heterocycles. The van der Waals surface area contributed by atoms with Crippen LogP contribution < -0.4 is 10.1 Å². The molecule has 3 aromatic rings. The Labute approximate surface area is 187 Å². The Morgan fingerprint density at radius 2 is 1.97 bits per heavy atom. The summed E-state index contributed by atoms with van der Waals surface area (Å²) in [6, 6.07) is 17.0. The van der Waals surface area contributed by atoms with Gasteiger partial charge >= 0.3 is 0 Å².